The minimum atomic E-state index is -1.04. The van der Waals surface area contributed by atoms with Gasteiger partial charge in [-0.15, -0.1) is 0 Å². The van der Waals surface area contributed by atoms with Crippen molar-refractivity contribution in [2.24, 2.45) is 4.99 Å². The fourth-order valence-electron chi connectivity index (χ4n) is 2.50. The van der Waals surface area contributed by atoms with Crippen molar-refractivity contribution in [2.75, 3.05) is 12.0 Å². The van der Waals surface area contributed by atoms with E-state index in [1.54, 1.807) is 22.4 Å². The number of nitrogens with zero attached hydrogens (tertiary/aromatic N) is 3. The largest absolute Gasteiger partial charge is 0.315 e. The number of aryl methyl sites for hydroxylation is 1. The molecule has 0 aliphatic carbocycles. The highest BCUT2D eigenvalue weighted by atomic mass is 32.2. The van der Waals surface area contributed by atoms with E-state index in [-0.39, 0.29) is 10.5 Å². The average Bonchev–Trinajstić information content (AvgIpc) is 2.95. The van der Waals surface area contributed by atoms with E-state index in [9.17, 15) is 23.7 Å². The minimum Gasteiger partial charge on any atom is -0.315 e. The highest BCUT2D eigenvalue weighted by molar-refractivity contribution is 7.98. The summed E-state index contributed by atoms with van der Waals surface area (Å²) < 4.78 is 30.0. The first-order valence-electron chi connectivity index (χ1n) is 7.72. The molecule has 6 nitrogen and oxygen atoms in total. The standard InChI is InChI=1S/C17H13F2N3O3S2/c1-26-8-7-21-13-6-5-10(22(24)25)9-14(13)27-17(21)20-16(23)15-11(18)3-2-4-12(15)19/h2-6,9H,7-8H2,1H3. The molecule has 140 valence electrons. The normalized spacial score (nSPS) is 11.9. The molecule has 1 heterocycles. The van der Waals surface area contributed by atoms with E-state index < -0.39 is 28.0 Å². The summed E-state index contributed by atoms with van der Waals surface area (Å²) in [7, 11) is 0. The first-order chi connectivity index (χ1) is 12.9. The summed E-state index contributed by atoms with van der Waals surface area (Å²) in [6.07, 6.45) is 1.91. The van der Waals surface area contributed by atoms with Crippen LogP contribution in [-0.2, 0) is 6.54 Å². The molecule has 27 heavy (non-hydrogen) atoms. The van der Waals surface area contributed by atoms with Crippen LogP contribution >= 0.6 is 23.1 Å². The Morgan fingerprint density at radius 3 is 2.63 bits per heavy atom. The van der Waals surface area contributed by atoms with Gasteiger partial charge >= 0.3 is 0 Å². The molecule has 2 aromatic carbocycles. The molecule has 0 unspecified atom stereocenters. The monoisotopic (exact) mass is 409 g/mol. The number of fused-ring (bicyclic) bond motifs is 1. The molecule has 0 atom stereocenters. The number of halogens is 2. The second-order valence-electron chi connectivity index (χ2n) is 5.45. The number of benzene rings is 2. The van der Waals surface area contributed by atoms with Gasteiger partial charge in [0.05, 0.1) is 15.1 Å². The first kappa shape index (κ1) is 19.2. The van der Waals surface area contributed by atoms with Crippen molar-refractivity contribution >= 4 is 44.9 Å². The Morgan fingerprint density at radius 2 is 2.00 bits per heavy atom. The fourth-order valence-corrected chi connectivity index (χ4v) is 3.96. The lowest BCUT2D eigenvalue weighted by atomic mass is 10.2. The number of carbonyl (C=O) groups is 1. The predicted octanol–water partition coefficient (Wildman–Crippen LogP) is 3.99. The van der Waals surface area contributed by atoms with Crippen molar-refractivity contribution < 1.29 is 18.5 Å². The van der Waals surface area contributed by atoms with Gasteiger partial charge in [-0.3, -0.25) is 14.9 Å². The van der Waals surface area contributed by atoms with Gasteiger partial charge in [-0.05, 0) is 24.5 Å². The SMILES string of the molecule is CSCCn1c(=NC(=O)c2c(F)cccc2F)sc2cc([N+](=O)[O-])ccc21. The molecule has 0 fully saturated rings. The number of nitro groups is 1. The van der Waals surface area contributed by atoms with Crippen LogP contribution in [0.25, 0.3) is 10.2 Å². The van der Waals surface area contributed by atoms with E-state index >= 15 is 0 Å². The zero-order valence-corrected chi connectivity index (χ0v) is 15.7. The van der Waals surface area contributed by atoms with Gasteiger partial charge in [0.2, 0.25) is 0 Å². The summed E-state index contributed by atoms with van der Waals surface area (Å²) in [6.45, 7) is 0.491. The number of hydrogen-bond acceptors (Lipinski definition) is 5. The molecule has 0 aliphatic rings. The number of aromatic nitrogens is 1. The summed E-state index contributed by atoms with van der Waals surface area (Å²) in [5.41, 5.74) is -0.142. The zero-order chi connectivity index (χ0) is 19.6. The van der Waals surface area contributed by atoms with Gasteiger partial charge < -0.3 is 4.57 Å². The summed E-state index contributed by atoms with van der Waals surface area (Å²) in [5, 5.41) is 11.0. The molecule has 1 aromatic heterocycles. The van der Waals surface area contributed by atoms with E-state index in [1.807, 2.05) is 6.26 Å². The number of non-ortho nitro benzene ring substituents is 1. The van der Waals surface area contributed by atoms with E-state index in [0.717, 1.165) is 23.5 Å². The lowest BCUT2D eigenvalue weighted by Crippen LogP contribution is -2.19. The van der Waals surface area contributed by atoms with Crippen LogP contribution in [0.5, 0.6) is 0 Å². The van der Waals surface area contributed by atoms with Crippen LogP contribution in [0.15, 0.2) is 41.4 Å². The Labute approximate surface area is 160 Å². The van der Waals surface area contributed by atoms with Gasteiger partial charge in [0, 0.05) is 24.4 Å². The maximum Gasteiger partial charge on any atom is 0.285 e. The number of carbonyl (C=O) groups excluding carboxylic acids is 1. The van der Waals surface area contributed by atoms with Gasteiger partial charge in [-0.25, -0.2) is 8.78 Å². The lowest BCUT2D eigenvalue weighted by molar-refractivity contribution is -0.384. The second kappa shape index (κ2) is 7.97. The van der Waals surface area contributed by atoms with Crippen molar-refractivity contribution in [1.82, 2.24) is 4.57 Å². The smallest absolute Gasteiger partial charge is 0.285 e. The highest BCUT2D eigenvalue weighted by Gasteiger charge is 2.18. The Kier molecular flexibility index (Phi) is 5.66. The quantitative estimate of drug-likeness (QED) is 0.472. The van der Waals surface area contributed by atoms with Gasteiger partial charge in [0.15, 0.2) is 4.80 Å². The third-order valence-corrected chi connectivity index (χ3v) is 5.40. The molecule has 3 aromatic rings. The third-order valence-electron chi connectivity index (χ3n) is 3.77. The minimum absolute atomic E-state index is 0.0845. The first-order valence-corrected chi connectivity index (χ1v) is 9.93. The molecule has 0 aliphatic heterocycles. The Bertz CT molecular complexity index is 1090. The zero-order valence-electron chi connectivity index (χ0n) is 14.0. The molecule has 0 radical (unpaired) electrons. The number of nitro benzene ring substituents is 1. The van der Waals surface area contributed by atoms with Crippen LogP contribution in [0, 0.1) is 21.7 Å². The Hall–Kier alpha value is -2.59. The molecule has 0 saturated heterocycles. The number of thioether (sulfide) groups is 1. The maximum atomic E-state index is 13.9. The fraction of sp³-hybridized carbons (Fsp3) is 0.176. The summed E-state index contributed by atoms with van der Waals surface area (Å²) >= 11 is 2.63. The third kappa shape index (κ3) is 3.91. The van der Waals surface area contributed by atoms with Gasteiger partial charge in [-0.1, -0.05) is 17.4 Å². The highest BCUT2D eigenvalue weighted by Crippen LogP contribution is 2.24. The van der Waals surface area contributed by atoms with Crippen LogP contribution < -0.4 is 4.80 Å². The van der Waals surface area contributed by atoms with Gasteiger partial charge in [0.25, 0.3) is 11.6 Å². The van der Waals surface area contributed by atoms with Gasteiger partial charge in [0.1, 0.15) is 17.2 Å². The second-order valence-corrected chi connectivity index (χ2v) is 7.45. The van der Waals surface area contributed by atoms with Crippen LogP contribution in [0.1, 0.15) is 10.4 Å². The molecular weight excluding hydrogens is 396 g/mol. The number of rotatable bonds is 5. The predicted molar refractivity (Wildman–Crippen MR) is 101 cm³/mol. The molecular formula is C17H13F2N3O3S2. The summed E-state index contributed by atoms with van der Waals surface area (Å²) in [5.74, 6) is -2.31. The van der Waals surface area contributed by atoms with Crippen molar-refractivity contribution in [1.29, 1.82) is 0 Å². The number of thiazole rings is 1. The Balaban J connectivity index is 2.17. The molecule has 0 spiro atoms. The summed E-state index contributed by atoms with van der Waals surface area (Å²) in [6, 6.07) is 7.48. The summed E-state index contributed by atoms with van der Waals surface area (Å²) in [4.78, 5) is 27.0. The van der Waals surface area contributed by atoms with Crippen LogP contribution in [-0.4, -0.2) is 27.4 Å². The van der Waals surface area contributed by atoms with E-state index in [1.165, 1.54) is 18.2 Å². The lowest BCUT2D eigenvalue weighted by Gasteiger charge is -2.04. The Morgan fingerprint density at radius 1 is 1.30 bits per heavy atom. The van der Waals surface area contributed by atoms with Crippen molar-refractivity contribution in [3.8, 4) is 0 Å². The van der Waals surface area contributed by atoms with Crippen LogP contribution in [0.2, 0.25) is 0 Å². The van der Waals surface area contributed by atoms with E-state index in [4.69, 9.17) is 0 Å². The van der Waals surface area contributed by atoms with Crippen LogP contribution in [0.4, 0.5) is 14.5 Å². The van der Waals surface area contributed by atoms with Gasteiger partial charge in [-0.2, -0.15) is 16.8 Å². The maximum absolute atomic E-state index is 13.9. The molecule has 0 N–H and O–H groups in total. The van der Waals surface area contributed by atoms with Crippen LogP contribution in [0.3, 0.4) is 0 Å². The number of amides is 1. The molecule has 1 amide bonds. The van der Waals surface area contributed by atoms with Crippen molar-refractivity contribution in [2.45, 2.75) is 6.54 Å². The van der Waals surface area contributed by atoms with Crippen molar-refractivity contribution in [3.63, 3.8) is 0 Å². The molecule has 0 bridgehead atoms. The number of hydrogen-bond donors (Lipinski definition) is 0. The van der Waals surface area contributed by atoms with Crippen molar-refractivity contribution in [3.05, 3.63) is 68.5 Å². The topological polar surface area (TPSA) is 77.5 Å². The molecule has 0 saturated carbocycles. The molecule has 3 rings (SSSR count). The molecule has 10 heteroatoms. The van der Waals surface area contributed by atoms with E-state index in [2.05, 4.69) is 4.99 Å². The van der Waals surface area contributed by atoms with E-state index in [0.29, 0.717) is 22.5 Å². The average molecular weight is 409 g/mol.